The molecule has 0 fully saturated rings. The summed E-state index contributed by atoms with van der Waals surface area (Å²) in [4.78, 5) is 32.1. The van der Waals surface area contributed by atoms with Crippen molar-refractivity contribution in [1.82, 2.24) is 5.32 Å². The fourth-order valence-electron chi connectivity index (χ4n) is 1.20. The van der Waals surface area contributed by atoms with Gasteiger partial charge in [0.05, 0.1) is 13.0 Å². The number of hydrogen-bond donors (Lipinski definition) is 2. The van der Waals surface area contributed by atoms with E-state index in [2.05, 4.69) is 12.2 Å². The molecule has 0 heterocycles. The van der Waals surface area contributed by atoms with E-state index in [0.29, 0.717) is 6.61 Å². The van der Waals surface area contributed by atoms with E-state index in [9.17, 15) is 14.4 Å². The molecule has 6 nitrogen and oxygen atoms in total. The highest BCUT2D eigenvalue weighted by Gasteiger charge is 2.15. The first kappa shape index (κ1) is 15.4. The number of alkyl carbamates (subject to hydrolysis) is 1. The van der Waals surface area contributed by atoms with Crippen molar-refractivity contribution >= 4 is 18.3 Å². The van der Waals surface area contributed by atoms with Gasteiger partial charge in [0.2, 0.25) is 12.2 Å². The first-order valence-corrected chi connectivity index (χ1v) is 5.69. The van der Waals surface area contributed by atoms with Crippen LogP contribution in [0.15, 0.2) is 0 Å². The third kappa shape index (κ3) is 9.35. The Kier molecular flexibility index (Phi) is 8.72. The van der Waals surface area contributed by atoms with Crippen molar-refractivity contribution in [1.29, 1.82) is 0 Å². The normalized spacial score (nSPS) is 11.6. The van der Waals surface area contributed by atoms with Gasteiger partial charge in [-0.25, -0.2) is 4.79 Å². The van der Waals surface area contributed by atoms with Crippen LogP contribution in [-0.4, -0.2) is 30.9 Å². The quantitative estimate of drug-likeness (QED) is 0.581. The highest BCUT2D eigenvalue weighted by Crippen LogP contribution is 1.99. The van der Waals surface area contributed by atoms with Gasteiger partial charge in [-0.3, -0.25) is 9.59 Å². The number of hydrogen-bond acceptors (Lipinski definition) is 4. The zero-order valence-corrected chi connectivity index (χ0v) is 10.0. The lowest BCUT2D eigenvalue weighted by molar-refractivity contribution is -0.118. The van der Waals surface area contributed by atoms with Gasteiger partial charge < -0.3 is 15.8 Å². The summed E-state index contributed by atoms with van der Waals surface area (Å²) in [6, 6.07) is -1.03. The van der Waals surface area contributed by atoms with Crippen molar-refractivity contribution in [2.24, 2.45) is 5.73 Å². The molecule has 2 amide bonds. The molecule has 0 unspecified atom stereocenters. The molecule has 0 aromatic heterocycles. The Hall–Kier alpha value is -1.59. The Balaban J connectivity index is 3.68. The maximum absolute atomic E-state index is 11.2. The van der Waals surface area contributed by atoms with E-state index in [1.54, 1.807) is 0 Å². The van der Waals surface area contributed by atoms with Crippen LogP contribution in [0.1, 0.15) is 39.0 Å². The second-order valence-electron chi connectivity index (χ2n) is 3.68. The monoisotopic (exact) mass is 243 g/mol. The number of ether oxygens (including phenoxy) is 1. The minimum Gasteiger partial charge on any atom is -0.450 e. The van der Waals surface area contributed by atoms with Crippen LogP contribution in [0.3, 0.4) is 0 Å². The van der Waals surface area contributed by atoms with Crippen LogP contribution < -0.4 is 11.1 Å². The smallest absolute Gasteiger partial charge is 0.407 e. The lowest BCUT2D eigenvalue weighted by Gasteiger charge is -2.10. The minimum atomic E-state index is -1.03. The topological polar surface area (TPSA) is 98.5 Å². The van der Waals surface area contributed by atoms with E-state index in [4.69, 9.17) is 10.5 Å². The lowest BCUT2D eigenvalue weighted by atomic mass is 10.2. The third-order valence-electron chi connectivity index (χ3n) is 2.07. The van der Waals surface area contributed by atoms with Gasteiger partial charge in [0.15, 0.2) is 0 Å². The molecule has 17 heavy (non-hydrogen) atoms. The average molecular weight is 243 g/mol. The average Bonchev–Trinajstić information content (AvgIpc) is 2.27. The molecule has 0 spiro atoms. The SMILES string of the molecule is CCCCCCOC(=O)N[C@@H]([C]=O)CC(N)=O. The second-order valence-corrected chi connectivity index (χ2v) is 3.68. The predicted octanol–water partition coefficient (Wildman–Crippen LogP) is 0.647. The van der Waals surface area contributed by atoms with Crippen LogP contribution in [0.5, 0.6) is 0 Å². The van der Waals surface area contributed by atoms with Gasteiger partial charge in [0, 0.05) is 0 Å². The summed E-state index contributed by atoms with van der Waals surface area (Å²) in [5.41, 5.74) is 4.89. The molecule has 3 N–H and O–H groups in total. The van der Waals surface area contributed by atoms with Crippen molar-refractivity contribution < 1.29 is 19.1 Å². The highest BCUT2D eigenvalue weighted by atomic mass is 16.5. The summed E-state index contributed by atoms with van der Waals surface area (Å²) in [6.45, 7) is 2.38. The molecule has 0 aromatic carbocycles. The number of primary amides is 1. The fraction of sp³-hybridized carbons (Fsp3) is 0.727. The summed E-state index contributed by atoms with van der Waals surface area (Å²) in [6.07, 6.45) is 4.49. The van der Waals surface area contributed by atoms with Gasteiger partial charge in [-0.15, -0.1) is 0 Å². The zero-order chi connectivity index (χ0) is 13.1. The Morgan fingerprint density at radius 1 is 1.35 bits per heavy atom. The number of carbonyl (C=O) groups is 2. The molecule has 1 atom stereocenters. The van der Waals surface area contributed by atoms with Crippen molar-refractivity contribution in [3.63, 3.8) is 0 Å². The number of unbranched alkanes of at least 4 members (excludes halogenated alkanes) is 3. The fourth-order valence-corrected chi connectivity index (χ4v) is 1.20. The van der Waals surface area contributed by atoms with E-state index in [0.717, 1.165) is 25.7 Å². The summed E-state index contributed by atoms with van der Waals surface area (Å²) in [5.74, 6) is -0.679. The highest BCUT2D eigenvalue weighted by molar-refractivity contribution is 5.81. The first-order valence-electron chi connectivity index (χ1n) is 5.69. The molecule has 0 aliphatic rings. The van der Waals surface area contributed by atoms with E-state index < -0.39 is 18.0 Å². The number of carbonyl (C=O) groups excluding carboxylic acids is 3. The van der Waals surface area contributed by atoms with Crippen molar-refractivity contribution in [3.05, 3.63) is 0 Å². The molecule has 1 radical (unpaired) electrons. The van der Waals surface area contributed by atoms with Gasteiger partial charge in [-0.05, 0) is 6.42 Å². The second kappa shape index (κ2) is 9.62. The van der Waals surface area contributed by atoms with Gasteiger partial charge in [-0.2, -0.15) is 0 Å². The molecule has 0 rings (SSSR count). The summed E-state index contributed by atoms with van der Waals surface area (Å²) in [5, 5.41) is 2.20. The molecule has 6 heteroatoms. The Morgan fingerprint density at radius 2 is 2.06 bits per heavy atom. The molecule has 0 aliphatic carbocycles. The Labute approximate surface area is 101 Å². The van der Waals surface area contributed by atoms with E-state index in [1.165, 1.54) is 6.29 Å². The van der Waals surface area contributed by atoms with Crippen LogP contribution >= 0.6 is 0 Å². The van der Waals surface area contributed by atoms with Gasteiger partial charge in [0.1, 0.15) is 6.04 Å². The van der Waals surface area contributed by atoms with Crippen LogP contribution in [-0.2, 0) is 14.3 Å². The largest absolute Gasteiger partial charge is 0.450 e. The molecular formula is C11H19N2O4. The molecule has 0 aliphatic heterocycles. The predicted molar refractivity (Wildman–Crippen MR) is 61.9 cm³/mol. The van der Waals surface area contributed by atoms with E-state index in [1.807, 2.05) is 0 Å². The zero-order valence-electron chi connectivity index (χ0n) is 10.0. The maximum Gasteiger partial charge on any atom is 0.407 e. The van der Waals surface area contributed by atoms with Crippen LogP contribution in [0, 0.1) is 0 Å². The number of nitrogens with two attached hydrogens (primary N) is 1. The summed E-state index contributed by atoms with van der Waals surface area (Å²) >= 11 is 0. The molecule has 0 aromatic rings. The van der Waals surface area contributed by atoms with E-state index in [-0.39, 0.29) is 6.42 Å². The summed E-state index contributed by atoms with van der Waals surface area (Å²) < 4.78 is 4.82. The number of rotatable bonds is 9. The van der Waals surface area contributed by atoms with E-state index >= 15 is 0 Å². The van der Waals surface area contributed by atoms with Gasteiger partial charge >= 0.3 is 6.09 Å². The van der Waals surface area contributed by atoms with Crippen molar-refractivity contribution in [2.45, 2.75) is 45.1 Å². The Morgan fingerprint density at radius 3 is 2.59 bits per heavy atom. The maximum atomic E-state index is 11.2. The van der Waals surface area contributed by atoms with Crippen molar-refractivity contribution in [3.8, 4) is 0 Å². The Bertz CT molecular complexity index is 256. The number of amides is 2. The standard InChI is InChI=1S/C11H19N2O4/c1-2-3-4-5-6-17-11(16)13-9(8-14)7-10(12)15/h9H,2-7H2,1H3,(H2,12,15)(H,13,16)/t9-/m1/s1. The van der Waals surface area contributed by atoms with Crippen LogP contribution in [0.25, 0.3) is 0 Å². The third-order valence-corrected chi connectivity index (χ3v) is 2.07. The molecule has 97 valence electrons. The number of nitrogens with one attached hydrogen (secondary N) is 1. The lowest BCUT2D eigenvalue weighted by Crippen LogP contribution is -2.39. The molecule has 0 saturated carbocycles. The van der Waals surface area contributed by atoms with Crippen LogP contribution in [0.4, 0.5) is 4.79 Å². The molecule has 0 saturated heterocycles. The molecular weight excluding hydrogens is 224 g/mol. The van der Waals surface area contributed by atoms with Gasteiger partial charge in [-0.1, -0.05) is 26.2 Å². The minimum absolute atomic E-state index is 0.269. The van der Waals surface area contributed by atoms with Gasteiger partial charge in [0.25, 0.3) is 0 Å². The van der Waals surface area contributed by atoms with Crippen LogP contribution in [0.2, 0.25) is 0 Å². The van der Waals surface area contributed by atoms with Crippen molar-refractivity contribution in [2.75, 3.05) is 6.61 Å². The first-order chi connectivity index (χ1) is 8.10. The summed E-state index contributed by atoms with van der Waals surface area (Å²) in [7, 11) is 0. The molecule has 0 bridgehead atoms.